The number of carbonyl (C=O) groups excluding carboxylic acids is 1. The first kappa shape index (κ1) is 14.5. The molecular weight excluding hydrogens is 311 g/mol. The minimum Gasteiger partial charge on any atom is -0.336 e. The first-order chi connectivity index (χ1) is 9.13. The van der Waals surface area contributed by atoms with Gasteiger partial charge in [0.2, 0.25) is 0 Å². The highest BCUT2D eigenvalue weighted by molar-refractivity contribution is 9.10. The van der Waals surface area contributed by atoms with Crippen molar-refractivity contribution in [3.63, 3.8) is 0 Å². The van der Waals surface area contributed by atoms with Gasteiger partial charge in [-0.25, -0.2) is 4.39 Å². The van der Waals surface area contributed by atoms with E-state index in [0.717, 1.165) is 32.2 Å². The van der Waals surface area contributed by atoms with E-state index in [9.17, 15) is 9.18 Å². The number of nitrogens with two attached hydrogens (primary N) is 1. The van der Waals surface area contributed by atoms with Crippen molar-refractivity contribution >= 4 is 21.8 Å². The van der Waals surface area contributed by atoms with Gasteiger partial charge < -0.3 is 10.6 Å². The highest BCUT2D eigenvalue weighted by atomic mass is 79.9. The molecule has 1 saturated heterocycles. The minimum absolute atomic E-state index is 0.0930. The van der Waals surface area contributed by atoms with Crippen LogP contribution in [0.2, 0.25) is 0 Å². The van der Waals surface area contributed by atoms with Gasteiger partial charge in [-0.05, 0) is 66.4 Å². The topological polar surface area (TPSA) is 46.3 Å². The SMILES string of the molecule is NCCC1CCCCN1C(=O)c1ccc(Br)c(F)c1. The number of benzene rings is 1. The number of rotatable bonds is 3. The molecule has 1 aliphatic heterocycles. The van der Waals surface area contributed by atoms with Crippen LogP contribution < -0.4 is 5.73 Å². The second-order valence-corrected chi connectivity index (χ2v) is 5.71. The molecule has 104 valence electrons. The van der Waals surface area contributed by atoms with Crippen LogP contribution in [0.4, 0.5) is 4.39 Å². The van der Waals surface area contributed by atoms with Gasteiger partial charge in [0.05, 0.1) is 4.47 Å². The van der Waals surface area contributed by atoms with Gasteiger partial charge in [0.1, 0.15) is 5.82 Å². The van der Waals surface area contributed by atoms with E-state index in [1.54, 1.807) is 12.1 Å². The number of hydrogen-bond donors (Lipinski definition) is 1. The number of piperidine rings is 1. The fourth-order valence-electron chi connectivity index (χ4n) is 2.56. The molecule has 0 bridgehead atoms. The summed E-state index contributed by atoms with van der Waals surface area (Å²) in [5.41, 5.74) is 6.01. The zero-order valence-electron chi connectivity index (χ0n) is 10.7. The van der Waals surface area contributed by atoms with Gasteiger partial charge in [-0.15, -0.1) is 0 Å². The molecule has 1 amide bonds. The average Bonchev–Trinajstić information content (AvgIpc) is 2.42. The van der Waals surface area contributed by atoms with E-state index >= 15 is 0 Å². The van der Waals surface area contributed by atoms with Gasteiger partial charge >= 0.3 is 0 Å². The molecule has 1 fully saturated rings. The Morgan fingerprint density at radius 3 is 2.95 bits per heavy atom. The van der Waals surface area contributed by atoms with E-state index in [2.05, 4.69) is 15.9 Å². The predicted octanol–water partition coefficient (Wildman–Crippen LogP) is 2.93. The average molecular weight is 329 g/mol. The highest BCUT2D eigenvalue weighted by Gasteiger charge is 2.27. The Morgan fingerprint density at radius 2 is 2.26 bits per heavy atom. The Labute approximate surface area is 121 Å². The van der Waals surface area contributed by atoms with Crippen molar-refractivity contribution < 1.29 is 9.18 Å². The van der Waals surface area contributed by atoms with E-state index in [-0.39, 0.29) is 11.9 Å². The van der Waals surface area contributed by atoms with Crippen molar-refractivity contribution in [2.45, 2.75) is 31.7 Å². The highest BCUT2D eigenvalue weighted by Crippen LogP contribution is 2.23. The summed E-state index contributed by atoms with van der Waals surface area (Å²) in [6.45, 7) is 1.31. The molecule has 1 atom stereocenters. The number of hydrogen-bond acceptors (Lipinski definition) is 2. The number of amides is 1. The van der Waals surface area contributed by atoms with Crippen molar-refractivity contribution in [3.8, 4) is 0 Å². The Hall–Kier alpha value is -0.940. The fourth-order valence-corrected chi connectivity index (χ4v) is 2.80. The Bertz CT molecular complexity index is 465. The summed E-state index contributed by atoms with van der Waals surface area (Å²) in [6.07, 6.45) is 3.93. The third kappa shape index (κ3) is 3.34. The molecular formula is C14H18BrFN2O. The molecule has 5 heteroatoms. The fraction of sp³-hybridized carbons (Fsp3) is 0.500. The summed E-state index contributed by atoms with van der Waals surface area (Å²) in [5, 5.41) is 0. The molecule has 0 aliphatic carbocycles. The maximum absolute atomic E-state index is 13.5. The monoisotopic (exact) mass is 328 g/mol. The molecule has 0 radical (unpaired) electrons. The number of nitrogens with zero attached hydrogens (tertiary/aromatic N) is 1. The van der Waals surface area contributed by atoms with Crippen LogP contribution in [0.5, 0.6) is 0 Å². The van der Waals surface area contributed by atoms with Gasteiger partial charge in [-0.2, -0.15) is 0 Å². The van der Waals surface area contributed by atoms with Crippen LogP contribution in [0.3, 0.4) is 0 Å². The third-order valence-electron chi connectivity index (χ3n) is 3.55. The lowest BCUT2D eigenvalue weighted by atomic mass is 9.98. The summed E-state index contributed by atoms with van der Waals surface area (Å²) < 4.78 is 13.9. The molecule has 1 unspecified atom stereocenters. The van der Waals surface area contributed by atoms with Crippen molar-refractivity contribution in [2.75, 3.05) is 13.1 Å². The van der Waals surface area contributed by atoms with Crippen LogP contribution in [0.1, 0.15) is 36.0 Å². The van der Waals surface area contributed by atoms with Gasteiger partial charge in [-0.1, -0.05) is 0 Å². The smallest absolute Gasteiger partial charge is 0.254 e. The molecule has 1 aromatic carbocycles. The molecule has 0 spiro atoms. The van der Waals surface area contributed by atoms with Crippen LogP contribution >= 0.6 is 15.9 Å². The van der Waals surface area contributed by atoms with Crippen LogP contribution in [-0.4, -0.2) is 29.9 Å². The van der Waals surface area contributed by atoms with Crippen molar-refractivity contribution in [1.29, 1.82) is 0 Å². The van der Waals surface area contributed by atoms with E-state index in [1.807, 2.05) is 4.90 Å². The van der Waals surface area contributed by atoms with Crippen LogP contribution in [0.25, 0.3) is 0 Å². The lowest BCUT2D eigenvalue weighted by Crippen LogP contribution is -2.44. The molecule has 1 aliphatic rings. The summed E-state index contributed by atoms with van der Waals surface area (Å²) in [6, 6.07) is 4.71. The number of likely N-dealkylation sites (tertiary alicyclic amines) is 1. The molecule has 2 N–H and O–H groups in total. The molecule has 1 aromatic rings. The molecule has 19 heavy (non-hydrogen) atoms. The van der Waals surface area contributed by atoms with Crippen LogP contribution in [0.15, 0.2) is 22.7 Å². The van der Waals surface area contributed by atoms with E-state index in [0.29, 0.717) is 16.6 Å². The van der Waals surface area contributed by atoms with Crippen molar-refractivity contribution in [1.82, 2.24) is 4.90 Å². The standard InChI is InChI=1S/C14H18BrFN2O/c15-12-5-4-10(9-13(12)16)14(19)18-8-2-1-3-11(18)6-7-17/h4-5,9,11H,1-3,6-8,17H2. The van der Waals surface area contributed by atoms with E-state index < -0.39 is 5.82 Å². The quantitative estimate of drug-likeness (QED) is 0.927. The Kier molecular flexibility index (Phi) is 4.93. The summed E-state index contributed by atoms with van der Waals surface area (Å²) >= 11 is 3.09. The van der Waals surface area contributed by atoms with Gasteiger partial charge in [0.15, 0.2) is 0 Å². The Morgan fingerprint density at radius 1 is 1.47 bits per heavy atom. The second-order valence-electron chi connectivity index (χ2n) is 4.85. The maximum Gasteiger partial charge on any atom is 0.254 e. The zero-order valence-corrected chi connectivity index (χ0v) is 12.3. The molecule has 2 rings (SSSR count). The maximum atomic E-state index is 13.5. The van der Waals surface area contributed by atoms with Crippen molar-refractivity contribution in [2.24, 2.45) is 5.73 Å². The normalized spacial score (nSPS) is 19.5. The second kappa shape index (κ2) is 6.48. The number of carbonyl (C=O) groups is 1. The zero-order chi connectivity index (χ0) is 13.8. The van der Waals surface area contributed by atoms with Gasteiger partial charge in [0.25, 0.3) is 5.91 Å². The minimum atomic E-state index is -0.404. The first-order valence-electron chi connectivity index (χ1n) is 6.59. The van der Waals surface area contributed by atoms with Gasteiger partial charge in [-0.3, -0.25) is 4.79 Å². The van der Waals surface area contributed by atoms with Gasteiger partial charge in [0, 0.05) is 18.2 Å². The molecule has 0 saturated carbocycles. The molecule has 0 aromatic heterocycles. The lowest BCUT2D eigenvalue weighted by Gasteiger charge is -2.35. The molecule has 3 nitrogen and oxygen atoms in total. The summed E-state index contributed by atoms with van der Waals surface area (Å²) in [7, 11) is 0. The Balaban J connectivity index is 2.18. The largest absolute Gasteiger partial charge is 0.336 e. The molecule has 1 heterocycles. The number of halogens is 2. The van der Waals surface area contributed by atoms with Crippen molar-refractivity contribution in [3.05, 3.63) is 34.1 Å². The third-order valence-corrected chi connectivity index (χ3v) is 4.20. The van der Waals surface area contributed by atoms with Crippen LogP contribution in [-0.2, 0) is 0 Å². The summed E-state index contributed by atoms with van der Waals surface area (Å²) in [5.74, 6) is -0.497. The predicted molar refractivity (Wildman–Crippen MR) is 76.4 cm³/mol. The van der Waals surface area contributed by atoms with E-state index in [4.69, 9.17) is 5.73 Å². The van der Waals surface area contributed by atoms with E-state index in [1.165, 1.54) is 6.07 Å². The summed E-state index contributed by atoms with van der Waals surface area (Å²) in [4.78, 5) is 14.3. The first-order valence-corrected chi connectivity index (χ1v) is 7.39. The van der Waals surface area contributed by atoms with Crippen LogP contribution in [0, 0.1) is 5.82 Å². The lowest BCUT2D eigenvalue weighted by molar-refractivity contribution is 0.0604.